The fourth-order valence-electron chi connectivity index (χ4n) is 2.02. The molecule has 0 bridgehead atoms. The number of thiophene rings is 1. The summed E-state index contributed by atoms with van der Waals surface area (Å²) in [5.74, 6) is 0.197. The van der Waals surface area contributed by atoms with Crippen molar-refractivity contribution < 1.29 is 23.8 Å². The minimum Gasteiger partial charge on any atom is -0.454 e. The second-order valence-electron chi connectivity index (χ2n) is 5.03. The summed E-state index contributed by atoms with van der Waals surface area (Å²) in [7, 11) is 0. The van der Waals surface area contributed by atoms with E-state index in [1.807, 2.05) is 16.8 Å². The molecule has 7 heteroatoms. The third-order valence-corrected chi connectivity index (χ3v) is 3.96. The van der Waals surface area contributed by atoms with Gasteiger partial charge in [-0.3, -0.25) is 4.79 Å². The van der Waals surface area contributed by atoms with Crippen LogP contribution >= 0.6 is 11.3 Å². The summed E-state index contributed by atoms with van der Waals surface area (Å²) < 4.78 is 15.5. The standard InChI is InChI=1S/C17H15NO5S/c1-11(23-16(19)5-2-12-6-7-24-9-12)17(20)18-13-3-4-14-15(8-13)22-10-21-14/h2-9,11H,10H2,1H3,(H,18,20)/b5-2+/t11-/m0/s1. The van der Waals surface area contributed by atoms with Crippen molar-refractivity contribution in [3.63, 3.8) is 0 Å². The Balaban J connectivity index is 1.53. The summed E-state index contributed by atoms with van der Waals surface area (Å²) in [6, 6.07) is 6.93. The highest BCUT2D eigenvalue weighted by Gasteiger charge is 2.19. The maximum absolute atomic E-state index is 12.1. The lowest BCUT2D eigenvalue weighted by Gasteiger charge is -2.12. The molecule has 24 heavy (non-hydrogen) atoms. The number of carbonyl (C=O) groups excluding carboxylic acids is 2. The third-order valence-electron chi connectivity index (χ3n) is 3.26. The lowest BCUT2D eigenvalue weighted by atomic mass is 10.2. The first-order chi connectivity index (χ1) is 11.6. The quantitative estimate of drug-likeness (QED) is 0.666. The Labute approximate surface area is 142 Å². The third kappa shape index (κ3) is 3.94. The first kappa shape index (κ1) is 16.1. The summed E-state index contributed by atoms with van der Waals surface area (Å²) in [6.45, 7) is 1.68. The molecule has 0 spiro atoms. The number of hydrogen-bond donors (Lipinski definition) is 1. The van der Waals surface area contributed by atoms with Crippen molar-refractivity contribution in [3.05, 3.63) is 46.7 Å². The van der Waals surface area contributed by atoms with Crippen molar-refractivity contribution in [1.29, 1.82) is 0 Å². The SMILES string of the molecule is C[C@H](OC(=O)/C=C/c1ccsc1)C(=O)Nc1ccc2c(c1)OCO2. The van der Waals surface area contributed by atoms with Crippen LogP contribution in [0.1, 0.15) is 12.5 Å². The zero-order chi connectivity index (χ0) is 16.9. The molecular formula is C17H15NO5S. The molecule has 0 saturated heterocycles. The van der Waals surface area contributed by atoms with E-state index in [9.17, 15) is 9.59 Å². The highest BCUT2D eigenvalue weighted by molar-refractivity contribution is 7.08. The second kappa shape index (κ2) is 7.18. The number of ether oxygens (including phenoxy) is 3. The van der Waals surface area contributed by atoms with Gasteiger partial charge in [-0.25, -0.2) is 4.79 Å². The van der Waals surface area contributed by atoms with E-state index in [0.717, 1.165) is 5.56 Å². The normalized spacial score (nSPS) is 13.7. The summed E-state index contributed by atoms with van der Waals surface area (Å²) in [5, 5.41) is 6.48. The summed E-state index contributed by atoms with van der Waals surface area (Å²) in [5.41, 5.74) is 1.45. The van der Waals surface area contributed by atoms with Gasteiger partial charge in [0.1, 0.15) is 0 Å². The molecule has 1 aromatic heterocycles. The van der Waals surface area contributed by atoms with Crippen LogP contribution in [0.5, 0.6) is 11.5 Å². The number of anilines is 1. The monoisotopic (exact) mass is 345 g/mol. The molecule has 124 valence electrons. The Kier molecular flexibility index (Phi) is 4.81. The molecule has 1 atom stereocenters. The van der Waals surface area contributed by atoms with E-state index in [1.165, 1.54) is 24.3 Å². The fraction of sp³-hybridized carbons (Fsp3) is 0.176. The van der Waals surface area contributed by atoms with Crippen molar-refractivity contribution in [2.24, 2.45) is 0 Å². The molecule has 0 aliphatic carbocycles. The average molecular weight is 345 g/mol. The maximum atomic E-state index is 12.1. The molecule has 0 saturated carbocycles. The summed E-state index contributed by atoms with van der Waals surface area (Å²) >= 11 is 1.53. The molecule has 1 aromatic carbocycles. The van der Waals surface area contributed by atoms with Gasteiger partial charge in [0.15, 0.2) is 17.6 Å². The molecule has 2 aromatic rings. The molecule has 2 heterocycles. The second-order valence-corrected chi connectivity index (χ2v) is 5.81. The van der Waals surface area contributed by atoms with Gasteiger partial charge in [0.05, 0.1) is 0 Å². The Morgan fingerprint density at radius 3 is 2.92 bits per heavy atom. The average Bonchev–Trinajstić information content (AvgIpc) is 3.23. The number of fused-ring (bicyclic) bond motifs is 1. The summed E-state index contributed by atoms with van der Waals surface area (Å²) in [6.07, 6.45) is 2.02. The minimum atomic E-state index is -0.921. The number of nitrogens with one attached hydrogen (secondary N) is 1. The van der Waals surface area contributed by atoms with E-state index in [2.05, 4.69) is 5.32 Å². The molecule has 1 N–H and O–H groups in total. The van der Waals surface area contributed by atoms with E-state index in [4.69, 9.17) is 14.2 Å². The van der Waals surface area contributed by atoms with Crippen molar-refractivity contribution in [3.8, 4) is 11.5 Å². The van der Waals surface area contributed by atoms with E-state index in [0.29, 0.717) is 17.2 Å². The van der Waals surface area contributed by atoms with Crippen LogP contribution in [0.2, 0.25) is 0 Å². The van der Waals surface area contributed by atoms with E-state index < -0.39 is 18.0 Å². The molecule has 1 amide bonds. The number of esters is 1. The largest absolute Gasteiger partial charge is 0.454 e. The molecular weight excluding hydrogens is 330 g/mol. The van der Waals surface area contributed by atoms with Crippen LogP contribution < -0.4 is 14.8 Å². The maximum Gasteiger partial charge on any atom is 0.331 e. The van der Waals surface area contributed by atoms with Crippen LogP contribution in [0.15, 0.2) is 41.1 Å². The van der Waals surface area contributed by atoms with Gasteiger partial charge in [-0.2, -0.15) is 11.3 Å². The van der Waals surface area contributed by atoms with Crippen LogP contribution in [-0.2, 0) is 14.3 Å². The Morgan fingerprint density at radius 2 is 2.12 bits per heavy atom. The van der Waals surface area contributed by atoms with Crippen molar-refractivity contribution in [2.45, 2.75) is 13.0 Å². The number of hydrogen-bond acceptors (Lipinski definition) is 6. The van der Waals surface area contributed by atoms with Crippen LogP contribution in [-0.4, -0.2) is 24.8 Å². The molecule has 0 unspecified atom stereocenters. The zero-order valence-electron chi connectivity index (χ0n) is 12.9. The number of rotatable bonds is 5. The molecule has 0 radical (unpaired) electrons. The lowest BCUT2D eigenvalue weighted by Crippen LogP contribution is -2.29. The predicted octanol–water partition coefficient (Wildman–Crippen LogP) is 3.06. The Hall–Kier alpha value is -2.80. The molecule has 6 nitrogen and oxygen atoms in total. The predicted molar refractivity (Wildman–Crippen MR) is 90.1 cm³/mol. The molecule has 3 rings (SSSR count). The van der Waals surface area contributed by atoms with Crippen LogP contribution in [0.4, 0.5) is 5.69 Å². The van der Waals surface area contributed by atoms with Gasteiger partial charge in [0.25, 0.3) is 5.91 Å². The first-order valence-corrected chi connectivity index (χ1v) is 8.17. The molecule has 0 fully saturated rings. The van der Waals surface area contributed by atoms with Crippen LogP contribution in [0.3, 0.4) is 0 Å². The van der Waals surface area contributed by atoms with Gasteiger partial charge in [0.2, 0.25) is 6.79 Å². The highest BCUT2D eigenvalue weighted by Crippen LogP contribution is 2.34. The van der Waals surface area contributed by atoms with Crippen LogP contribution in [0.25, 0.3) is 6.08 Å². The van der Waals surface area contributed by atoms with Gasteiger partial charge in [-0.1, -0.05) is 0 Å². The topological polar surface area (TPSA) is 73.9 Å². The van der Waals surface area contributed by atoms with E-state index in [1.54, 1.807) is 24.3 Å². The Morgan fingerprint density at radius 1 is 1.29 bits per heavy atom. The lowest BCUT2D eigenvalue weighted by molar-refractivity contribution is -0.148. The van der Waals surface area contributed by atoms with Crippen LogP contribution in [0, 0.1) is 0 Å². The van der Waals surface area contributed by atoms with Gasteiger partial charge < -0.3 is 19.5 Å². The van der Waals surface area contributed by atoms with Gasteiger partial charge in [-0.15, -0.1) is 0 Å². The number of amides is 1. The summed E-state index contributed by atoms with van der Waals surface area (Å²) in [4.78, 5) is 23.8. The van der Waals surface area contributed by atoms with Crippen molar-refractivity contribution in [1.82, 2.24) is 0 Å². The minimum absolute atomic E-state index is 0.164. The first-order valence-electron chi connectivity index (χ1n) is 7.23. The van der Waals surface area contributed by atoms with Gasteiger partial charge in [-0.05, 0) is 47.5 Å². The zero-order valence-corrected chi connectivity index (χ0v) is 13.7. The number of carbonyl (C=O) groups is 2. The smallest absolute Gasteiger partial charge is 0.331 e. The van der Waals surface area contributed by atoms with Crippen molar-refractivity contribution in [2.75, 3.05) is 12.1 Å². The fourth-order valence-corrected chi connectivity index (χ4v) is 2.65. The van der Waals surface area contributed by atoms with Gasteiger partial charge >= 0.3 is 5.97 Å². The molecule has 1 aliphatic rings. The highest BCUT2D eigenvalue weighted by atomic mass is 32.1. The molecule has 1 aliphatic heterocycles. The van der Waals surface area contributed by atoms with Crippen molar-refractivity contribution >= 4 is 35.0 Å². The van der Waals surface area contributed by atoms with Gasteiger partial charge in [0, 0.05) is 17.8 Å². The Bertz CT molecular complexity index is 769. The number of benzene rings is 1. The van der Waals surface area contributed by atoms with E-state index in [-0.39, 0.29) is 6.79 Å². The van der Waals surface area contributed by atoms with E-state index >= 15 is 0 Å².